The lowest BCUT2D eigenvalue weighted by molar-refractivity contribution is 0.0941. The first kappa shape index (κ1) is 24.0. The summed E-state index contributed by atoms with van der Waals surface area (Å²) in [5, 5.41) is 10.5. The van der Waals surface area contributed by atoms with Crippen LogP contribution < -0.4 is 10.9 Å². The van der Waals surface area contributed by atoms with Crippen LogP contribution in [0.15, 0.2) is 82.1 Å². The molecule has 1 amide bonds. The van der Waals surface area contributed by atoms with Crippen LogP contribution in [0.1, 0.15) is 47.8 Å². The third-order valence-electron chi connectivity index (χ3n) is 5.01. The highest BCUT2D eigenvalue weighted by atomic mass is 32.2. The quantitative estimate of drug-likeness (QED) is 0.306. The predicted molar refractivity (Wildman–Crippen MR) is 129 cm³/mol. The van der Waals surface area contributed by atoms with Crippen LogP contribution in [0, 0.1) is 6.92 Å². The Morgan fingerprint density at radius 1 is 0.909 bits per heavy atom. The zero-order valence-electron chi connectivity index (χ0n) is 19.0. The van der Waals surface area contributed by atoms with E-state index in [0.29, 0.717) is 11.1 Å². The normalized spacial score (nSPS) is 12.3. The number of nitrogens with zero attached hydrogens (tertiary/aromatic N) is 1. The highest BCUT2D eigenvalue weighted by molar-refractivity contribution is 7.90. The van der Waals surface area contributed by atoms with E-state index >= 15 is 0 Å². The van der Waals surface area contributed by atoms with Gasteiger partial charge < -0.3 is 5.11 Å². The van der Waals surface area contributed by atoms with Gasteiger partial charge in [0, 0.05) is 5.56 Å². The number of nitrogens with one attached hydrogen (secondary N) is 2. The minimum atomic E-state index is -4.04. The molecule has 0 aromatic heterocycles. The van der Waals surface area contributed by atoms with Crippen molar-refractivity contribution in [1.82, 2.24) is 10.9 Å². The second kappa shape index (κ2) is 9.46. The molecule has 0 aliphatic heterocycles. The monoisotopic (exact) mass is 465 g/mol. The summed E-state index contributed by atoms with van der Waals surface area (Å²) < 4.78 is 29.5. The predicted octanol–water partition coefficient (Wildman–Crippen LogP) is 4.07. The van der Waals surface area contributed by atoms with E-state index < -0.39 is 15.9 Å². The van der Waals surface area contributed by atoms with Crippen LogP contribution in [0.5, 0.6) is 5.75 Å². The van der Waals surface area contributed by atoms with Crippen molar-refractivity contribution in [1.29, 1.82) is 0 Å². The first-order valence-corrected chi connectivity index (χ1v) is 11.8. The molecule has 0 heterocycles. The zero-order valence-corrected chi connectivity index (χ0v) is 19.8. The Hall–Kier alpha value is -3.65. The van der Waals surface area contributed by atoms with Crippen molar-refractivity contribution in [2.75, 3.05) is 0 Å². The van der Waals surface area contributed by atoms with Gasteiger partial charge in [-0.1, -0.05) is 75.4 Å². The number of sulfonamides is 1. The van der Waals surface area contributed by atoms with Crippen molar-refractivity contribution in [2.24, 2.45) is 4.40 Å². The maximum Gasteiger partial charge on any atom is 0.284 e. The van der Waals surface area contributed by atoms with Crippen LogP contribution in [0.25, 0.3) is 0 Å². The molecule has 0 aliphatic rings. The smallest absolute Gasteiger partial charge is 0.284 e. The molecule has 0 bridgehead atoms. The lowest BCUT2D eigenvalue weighted by atomic mass is 9.85. The standard InChI is InChI=1S/C25H27N3O4S/c1-17-15-19(25(2,3)4)16-21(22(17)29)24(30)27-26-23(18-11-7-5-8-12-18)28-33(31,32)20-13-9-6-10-14-20/h5-16,29H,1-4H3,(H,26,28)(H,27,30). The first-order valence-electron chi connectivity index (χ1n) is 10.3. The minimum absolute atomic E-state index is 0.0257. The fourth-order valence-electron chi connectivity index (χ4n) is 3.08. The van der Waals surface area contributed by atoms with E-state index in [0.717, 1.165) is 5.56 Å². The zero-order chi connectivity index (χ0) is 24.2. The van der Waals surface area contributed by atoms with E-state index in [1.165, 1.54) is 12.1 Å². The number of amidine groups is 1. The molecule has 0 saturated carbocycles. The van der Waals surface area contributed by atoms with Gasteiger partial charge >= 0.3 is 0 Å². The van der Waals surface area contributed by atoms with Crippen molar-refractivity contribution >= 4 is 21.8 Å². The topological polar surface area (TPSA) is 108 Å². The molecule has 0 atom stereocenters. The molecule has 172 valence electrons. The molecule has 33 heavy (non-hydrogen) atoms. The van der Waals surface area contributed by atoms with Crippen molar-refractivity contribution in [2.45, 2.75) is 38.0 Å². The number of amides is 1. The van der Waals surface area contributed by atoms with Gasteiger partial charge in [0.05, 0.1) is 10.5 Å². The van der Waals surface area contributed by atoms with Gasteiger partial charge in [-0.25, -0.2) is 0 Å². The fourth-order valence-corrected chi connectivity index (χ4v) is 4.08. The number of hydrazine groups is 1. The number of carbonyl (C=O) groups is 1. The summed E-state index contributed by atoms with van der Waals surface area (Å²) in [5.41, 5.74) is 6.85. The second-order valence-corrected chi connectivity index (χ2v) is 10.2. The number of hydrogen-bond donors (Lipinski definition) is 3. The molecule has 0 unspecified atom stereocenters. The van der Waals surface area contributed by atoms with Gasteiger partial charge in [0.2, 0.25) is 0 Å². The van der Waals surface area contributed by atoms with Gasteiger partial charge in [-0.2, -0.15) is 8.42 Å². The van der Waals surface area contributed by atoms with E-state index in [1.807, 2.05) is 26.8 Å². The molecular weight excluding hydrogens is 438 g/mol. The van der Waals surface area contributed by atoms with E-state index in [1.54, 1.807) is 61.5 Å². The molecule has 0 radical (unpaired) electrons. The van der Waals surface area contributed by atoms with Crippen LogP contribution in [0.3, 0.4) is 0 Å². The molecule has 0 saturated heterocycles. The van der Waals surface area contributed by atoms with Crippen molar-refractivity contribution in [3.8, 4) is 5.75 Å². The molecule has 3 N–H and O–H groups in total. The van der Waals surface area contributed by atoms with E-state index in [4.69, 9.17) is 0 Å². The first-order chi connectivity index (χ1) is 15.5. The number of hydrogen-bond acceptors (Lipinski definition) is 4. The minimum Gasteiger partial charge on any atom is -0.507 e. The molecule has 3 rings (SSSR count). The lowest BCUT2D eigenvalue weighted by Crippen LogP contribution is -2.42. The van der Waals surface area contributed by atoms with Crippen LogP contribution in [0.2, 0.25) is 0 Å². The summed E-state index contributed by atoms with van der Waals surface area (Å²) in [6, 6.07) is 19.8. The maximum absolute atomic E-state index is 12.9. The van der Waals surface area contributed by atoms with Gasteiger partial charge in [-0.15, -0.1) is 4.40 Å². The lowest BCUT2D eigenvalue weighted by Gasteiger charge is -2.21. The Labute approximate surface area is 194 Å². The number of aromatic hydroxyl groups is 1. The Balaban J connectivity index is 1.95. The molecule has 0 spiro atoms. The van der Waals surface area contributed by atoms with Crippen molar-refractivity contribution in [3.63, 3.8) is 0 Å². The van der Waals surface area contributed by atoms with Crippen molar-refractivity contribution < 1.29 is 18.3 Å². The summed E-state index contributed by atoms with van der Waals surface area (Å²) in [6.45, 7) is 7.74. The van der Waals surface area contributed by atoms with Crippen LogP contribution in [-0.4, -0.2) is 25.3 Å². The largest absolute Gasteiger partial charge is 0.507 e. The van der Waals surface area contributed by atoms with Crippen LogP contribution >= 0.6 is 0 Å². The Morgan fingerprint density at radius 2 is 1.48 bits per heavy atom. The number of phenolic OH excluding ortho intramolecular Hbond substituents is 1. The summed E-state index contributed by atoms with van der Waals surface area (Å²) in [5.74, 6) is -0.823. The average Bonchev–Trinajstić information content (AvgIpc) is 2.78. The second-order valence-electron chi connectivity index (χ2n) is 8.61. The van der Waals surface area contributed by atoms with E-state index in [-0.39, 0.29) is 27.5 Å². The average molecular weight is 466 g/mol. The summed E-state index contributed by atoms with van der Waals surface area (Å²) in [6.07, 6.45) is 0. The van der Waals surface area contributed by atoms with E-state index in [2.05, 4.69) is 15.2 Å². The Morgan fingerprint density at radius 3 is 2.06 bits per heavy atom. The number of benzene rings is 3. The summed E-state index contributed by atoms with van der Waals surface area (Å²) in [4.78, 5) is 13.0. The fraction of sp³-hybridized carbons (Fsp3) is 0.200. The SMILES string of the molecule is Cc1cc(C(C)(C)C)cc(C(=O)NN/C(=N/S(=O)(=O)c2ccccc2)c2ccccc2)c1O. The third-order valence-corrected chi connectivity index (χ3v) is 6.30. The van der Waals surface area contributed by atoms with Gasteiger partial charge in [0.25, 0.3) is 15.9 Å². The van der Waals surface area contributed by atoms with Gasteiger partial charge in [0.1, 0.15) is 5.75 Å². The Bertz CT molecular complexity index is 1280. The summed E-state index contributed by atoms with van der Waals surface area (Å²) in [7, 11) is -4.04. The molecule has 8 heteroatoms. The Kier molecular flexibility index (Phi) is 6.88. The molecule has 0 fully saturated rings. The molecule has 7 nitrogen and oxygen atoms in total. The highest BCUT2D eigenvalue weighted by Crippen LogP contribution is 2.30. The third kappa shape index (κ3) is 5.78. The van der Waals surface area contributed by atoms with Gasteiger partial charge in [-0.05, 0) is 41.7 Å². The summed E-state index contributed by atoms with van der Waals surface area (Å²) >= 11 is 0. The maximum atomic E-state index is 12.9. The van der Waals surface area contributed by atoms with Gasteiger partial charge in [-0.3, -0.25) is 15.6 Å². The number of rotatable bonds is 4. The molecule has 3 aromatic carbocycles. The number of aryl methyl sites for hydroxylation is 1. The highest BCUT2D eigenvalue weighted by Gasteiger charge is 2.21. The molecule has 0 aliphatic carbocycles. The van der Waals surface area contributed by atoms with E-state index in [9.17, 15) is 18.3 Å². The molecular formula is C25H27N3O4S. The van der Waals surface area contributed by atoms with Gasteiger partial charge in [0.15, 0.2) is 5.84 Å². The molecule has 3 aromatic rings. The van der Waals surface area contributed by atoms with Crippen molar-refractivity contribution in [3.05, 3.63) is 95.1 Å². The number of phenols is 1. The van der Waals surface area contributed by atoms with Crippen LogP contribution in [0.4, 0.5) is 0 Å². The number of carbonyl (C=O) groups excluding carboxylic acids is 1. The van der Waals surface area contributed by atoms with Crippen LogP contribution in [-0.2, 0) is 15.4 Å².